The third-order valence-corrected chi connectivity index (χ3v) is 4.85. The third-order valence-electron chi connectivity index (χ3n) is 4.85. The SMILES string of the molecule is COc1ccc(C(O)C2C3CCCCC32)c(OC)c1. The van der Waals surface area contributed by atoms with Crippen molar-refractivity contribution in [1.29, 1.82) is 0 Å². The zero-order valence-electron chi connectivity index (χ0n) is 11.6. The van der Waals surface area contributed by atoms with Gasteiger partial charge in [-0.2, -0.15) is 0 Å². The molecule has 2 aliphatic rings. The van der Waals surface area contributed by atoms with Gasteiger partial charge < -0.3 is 14.6 Å². The second-order valence-electron chi connectivity index (χ2n) is 5.74. The van der Waals surface area contributed by atoms with Gasteiger partial charge in [0, 0.05) is 11.6 Å². The van der Waals surface area contributed by atoms with Crippen molar-refractivity contribution >= 4 is 0 Å². The second-order valence-corrected chi connectivity index (χ2v) is 5.74. The maximum Gasteiger partial charge on any atom is 0.128 e. The van der Waals surface area contributed by atoms with Crippen LogP contribution in [0.25, 0.3) is 0 Å². The molecule has 0 bridgehead atoms. The van der Waals surface area contributed by atoms with Crippen molar-refractivity contribution in [2.45, 2.75) is 31.8 Å². The number of aliphatic hydroxyl groups is 1. The van der Waals surface area contributed by atoms with Gasteiger partial charge in [-0.3, -0.25) is 0 Å². The molecule has 0 radical (unpaired) electrons. The minimum Gasteiger partial charge on any atom is -0.497 e. The van der Waals surface area contributed by atoms with Crippen LogP contribution in [-0.2, 0) is 0 Å². The van der Waals surface area contributed by atoms with Crippen LogP contribution < -0.4 is 9.47 Å². The molecule has 1 aromatic rings. The van der Waals surface area contributed by atoms with Crippen molar-refractivity contribution in [2.75, 3.05) is 14.2 Å². The van der Waals surface area contributed by atoms with Gasteiger partial charge >= 0.3 is 0 Å². The Bertz CT molecular complexity index is 445. The van der Waals surface area contributed by atoms with Crippen LogP contribution in [0, 0.1) is 17.8 Å². The maximum absolute atomic E-state index is 10.6. The number of fused-ring (bicyclic) bond motifs is 1. The molecule has 104 valence electrons. The largest absolute Gasteiger partial charge is 0.497 e. The molecule has 2 saturated carbocycles. The lowest BCUT2D eigenvalue weighted by molar-refractivity contribution is 0.138. The van der Waals surface area contributed by atoms with Gasteiger partial charge in [0.1, 0.15) is 11.5 Å². The lowest BCUT2D eigenvalue weighted by Crippen LogP contribution is -2.05. The summed E-state index contributed by atoms with van der Waals surface area (Å²) in [5, 5.41) is 10.6. The Hall–Kier alpha value is -1.22. The average Bonchev–Trinajstić information content (AvgIpc) is 3.20. The fourth-order valence-electron chi connectivity index (χ4n) is 3.79. The highest BCUT2D eigenvalue weighted by atomic mass is 16.5. The Morgan fingerprint density at radius 3 is 2.37 bits per heavy atom. The maximum atomic E-state index is 10.6. The molecule has 0 spiro atoms. The molecule has 0 aromatic heterocycles. The molecule has 2 aliphatic carbocycles. The highest BCUT2D eigenvalue weighted by Crippen LogP contribution is 2.61. The van der Waals surface area contributed by atoms with Crippen LogP contribution in [-0.4, -0.2) is 19.3 Å². The molecule has 3 atom stereocenters. The summed E-state index contributed by atoms with van der Waals surface area (Å²) >= 11 is 0. The van der Waals surface area contributed by atoms with Gasteiger partial charge in [-0.05, 0) is 42.7 Å². The molecule has 0 saturated heterocycles. The Morgan fingerprint density at radius 1 is 1.11 bits per heavy atom. The number of hydrogen-bond acceptors (Lipinski definition) is 3. The Kier molecular flexibility index (Phi) is 3.40. The molecule has 3 heteroatoms. The first-order valence-electron chi connectivity index (χ1n) is 7.16. The van der Waals surface area contributed by atoms with Gasteiger partial charge in [0.15, 0.2) is 0 Å². The summed E-state index contributed by atoms with van der Waals surface area (Å²) in [5.41, 5.74) is 0.905. The number of aliphatic hydroxyl groups excluding tert-OH is 1. The smallest absolute Gasteiger partial charge is 0.128 e. The predicted octanol–water partition coefficient (Wildman–Crippen LogP) is 3.17. The van der Waals surface area contributed by atoms with E-state index in [9.17, 15) is 5.11 Å². The number of rotatable bonds is 4. The van der Waals surface area contributed by atoms with Gasteiger partial charge in [-0.1, -0.05) is 12.8 Å². The molecule has 1 aromatic carbocycles. The van der Waals surface area contributed by atoms with E-state index in [-0.39, 0.29) is 0 Å². The van der Waals surface area contributed by atoms with E-state index >= 15 is 0 Å². The average molecular weight is 262 g/mol. The van der Waals surface area contributed by atoms with Crippen molar-refractivity contribution in [3.63, 3.8) is 0 Å². The first kappa shape index (κ1) is 12.8. The monoisotopic (exact) mass is 262 g/mol. The van der Waals surface area contributed by atoms with E-state index in [4.69, 9.17) is 9.47 Å². The lowest BCUT2D eigenvalue weighted by Gasteiger charge is -2.16. The van der Waals surface area contributed by atoms with Gasteiger partial charge in [-0.15, -0.1) is 0 Å². The third kappa shape index (κ3) is 2.20. The summed E-state index contributed by atoms with van der Waals surface area (Å²) in [5.74, 6) is 3.40. The molecule has 19 heavy (non-hydrogen) atoms. The molecule has 0 amide bonds. The van der Waals surface area contributed by atoms with Gasteiger partial charge in [0.25, 0.3) is 0 Å². The Morgan fingerprint density at radius 2 is 1.79 bits per heavy atom. The van der Waals surface area contributed by atoms with Gasteiger partial charge in [-0.25, -0.2) is 0 Å². The number of hydrogen-bond donors (Lipinski definition) is 1. The Labute approximate surface area is 114 Å². The normalized spacial score (nSPS) is 30.4. The summed E-state index contributed by atoms with van der Waals surface area (Å²) in [4.78, 5) is 0. The summed E-state index contributed by atoms with van der Waals surface area (Å²) in [6, 6.07) is 5.68. The van der Waals surface area contributed by atoms with E-state index in [1.807, 2.05) is 18.2 Å². The number of ether oxygens (including phenoxy) is 2. The lowest BCUT2D eigenvalue weighted by atomic mass is 10.0. The molecule has 0 heterocycles. The van der Waals surface area contributed by atoms with Crippen molar-refractivity contribution in [3.05, 3.63) is 23.8 Å². The standard InChI is InChI=1S/C16H22O3/c1-18-10-7-8-13(14(9-10)19-2)16(17)15-11-5-3-4-6-12(11)15/h7-9,11-12,15-17H,3-6H2,1-2H3. The summed E-state index contributed by atoms with van der Waals surface area (Å²) < 4.78 is 10.6. The van der Waals surface area contributed by atoms with Gasteiger partial charge in [0.2, 0.25) is 0 Å². The number of benzene rings is 1. The predicted molar refractivity (Wildman–Crippen MR) is 73.4 cm³/mol. The zero-order chi connectivity index (χ0) is 13.4. The summed E-state index contributed by atoms with van der Waals surface area (Å²) in [7, 11) is 3.28. The summed E-state index contributed by atoms with van der Waals surface area (Å²) in [6.45, 7) is 0. The van der Waals surface area contributed by atoms with Crippen LogP contribution in [0.15, 0.2) is 18.2 Å². The first-order chi connectivity index (χ1) is 9.26. The van der Waals surface area contributed by atoms with E-state index in [0.717, 1.165) is 28.9 Å². The van der Waals surface area contributed by atoms with Crippen LogP contribution in [0.1, 0.15) is 37.4 Å². The highest BCUT2D eigenvalue weighted by molar-refractivity contribution is 5.42. The molecule has 1 N–H and O–H groups in total. The van der Waals surface area contributed by atoms with Crippen molar-refractivity contribution in [2.24, 2.45) is 17.8 Å². The molecule has 3 rings (SSSR count). The minimum absolute atomic E-state index is 0.394. The van der Waals surface area contributed by atoms with E-state index < -0.39 is 6.10 Å². The fourth-order valence-corrected chi connectivity index (χ4v) is 3.79. The van der Waals surface area contributed by atoms with Crippen LogP contribution in [0.5, 0.6) is 11.5 Å². The van der Waals surface area contributed by atoms with Crippen LogP contribution in [0.3, 0.4) is 0 Å². The van der Waals surface area contributed by atoms with Crippen LogP contribution >= 0.6 is 0 Å². The summed E-state index contributed by atoms with van der Waals surface area (Å²) in [6.07, 6.45) is 4.82. The first-order valence-corrected chi connectivity index (χ1v) is 7.16. The molecular weight excluding hydrogens is 240 g/mol. The molecule has 3 nitrogen and oxygen atoms in total. The quantitative estimate of drug-likeness (QED) is 0.905. The highest BCUT2D eigenvalue weighted by Gasteiger charge is 2.54. The van der Waals surface area contributed by atoms with Crippen LogP contribution in [0.2, 0.25) is 0 Å². The van der Waals surface area contributed by atoms with Crippen molar-refractivity contribution < 1.29 is 14.6 Å². The zero-order valence-corrected chi connectivity index (χ0v) is 11.6. The van der Waals surface area contributed by atoms with Gasteiger partial charge in [0.05, 0.1) is 20.3 Å². The topological polar surface area (TPSA) is 38.7 Å². The van der Waals surface area contributed by atoms with E-state index in [2.05, 4.69) is 0 Å². The van der Waals surface area contributed by atoms with E-state index in [0.29, 0.717) is 5.92 Å². The van der Waals surface area contributed by atoms with Crippen molar-refractivity contribution in [3.8, 4) is 11.5 Å². The molecule has 2 fully saturated rings. The molecule has 0 aliphatic heterocycles. The fraction of sp³-hybridized carbons (Fsp3) is 0.625. The second kappa shape index (κ2) is 5.04. The minimum atomic E-state index is -0.394. The van der Waals surface area contributed by atoms with E-state index in [1.165, 1.54) is 25.7 Å². The van der Waals surface area contributed by atoms with E-state index in [1.54, 1.807) is 14.2 Å². The van der Waals surface area contributed by atoms with Crippen molar-refractivity contribution in [1.82, 2.24) is 0 Å². The number of methoxy groups -OCH3 is 2. The molecule has 3 unspecified atom stereocenters. The Balaban J connectivity index is 1.81. The van der Waals surface area contributed by atoms with Crippen LogP contribution in [0.4, 0.5) is 0 Å². The molecular formula is C16H22O3.